The lowest BCUT2D eigenvalue weighted by atomic mass is 10.1. The van der Waals surface area contributed by atoms with Gasteiger partial charge in [-0.2, -0.15) is 0 Å². The summed E-state index contributed by atoms with van der Waals surface area (Å²) in [6, 6.07) is 0. The molecule has 0 radical (unpaired) electrons. The van der Waals surface area contributed by atoms with Gasteiger partial charge in [-0.3, -0.25) is 4.98 Å². The minimum atomic E-state index is 0.420. The predicted octanol–water partition coefficient (Wildman–Crippen LogP) is 2.91. The summed E-state index contributed by atoms with van der Waals surface area (Å²) in [5.74, 6) is 1.21. The molecule has 74 valence electrons. The largest absolute Gasteiger partial charge is 0.440 e. The molecule has 0 unspecified atom stereocenters. The van der Waals surface area contributed by atoms with Gasteiger partial charge in [-0.15, -0.1) is 0 Å². The van der Waals surface area contributed by atoms with Gasteiger partial charge in [0.1, 0.15) is 5.52 Å². The Morgan fingerprint density at radius 1 is 1.36 bits per heavy atom. The molecule has 0 N–H and O–H groups in total. The second-order valence-electron chi connectivity index (χ2n) is 3.69. The van der Waals surface area contributed by atoms with Gasteiger partial charge in [-0.25, -0.2) is 4.98 Å². The van der Waals surface area contributed by atoms with Crippen molar-refractivity contribution in [3.8, 4) is 0 Å². The van der Waals surface area contributed by atoms with E-state index >= 15 is 0 Å². The van der Waals surface area contributed by atoms with E-state index in [4.69, 9.17) is 4.42 Å². The van der Waals surface area contributed by atoms with E-state index in [0.717, 1.165) is 29.0 Å². The Hall–Kier alpha value is -1.38. The van der Waals surface area contributed by atoms with Crippen molar-refractivity contribution in [2.45, 2.75) is 33.1 Å². The van der Waals surface area contributed by atoms with Gasteiger partial charge in [0.05, 0.1) is 6.20 Å². The van der Waals surface area contributed by atoms with Crippen LogP contribution in [-0.4, -0.2) is 9.97 Å². The van der Waals surface area contributed by atoms with Gasteiger partial charge in [0.2, 0.25) is 0 Å². The first-order chi connectivity index (χ1) is 6.72. The van der Waals surface area contributed by atoms with Gasteiger partial charge in [-0.05, 0) is 5.92 Å². The van der Waals surface area contributed by atoms with Crippen molar-refractivity contribution in [1.29, 1.82) is 0 Å². The topological polar surface area (TPSA) is 38.9 Å². The van der Waals surface area contributed by atoms with Crippen molar-refractivity contribution in [2.75, 3.05) is 0 Å². The van der Waals surface area contributed by atoms with Gasteiger partial charge >= 0.3 is 0 Å². The number of hydrogen-bond acceptors (Lipinski definition) is 3. The van der Waals surface area contributed by atoms with Gasteiger partial charge in [0.25, 0.3) is 0 Å². The molecule has 2 aromatic rings. The Morgan fingerprint density at radius 3 is 2.79 bits per heavy atom. The van der Waals surface area contributed by atoms with Crippen LogP contribution in [0.3, 0.4) is 0 Å². The van der Waals surface area contributed by atoms with Crippen LogP contribution in [0, 0.1) is 0 Å². The van der Waals surface area contributed by atoms with Crippen molar-refractivity contribution < 1.29 is 4.42 Å². The van der Waals surface area contributed by atoms with E-state index < -0.39 is 0 Å². The zero-order chi connectivity index (χ0) is 10.1. The molecule has 2 aromatic heterocycles. The normalized spacial score (nSPS) is 11.4. The van der Waals surface area contributed by atoms with E-state index in [1.807, 2.05) is 13.1 Å². The molecule has 0 bridgehead atoms. The number of nitrogens with zero attached hydrogens (tertiary/aromatic N) is 2. The molecule has 0 saturated carbocycles. The van der Waals surface area contributed by atoms with E-state index in [-0.39, 0.29) is 0 Å². The van der Waals surface area contributed by atoms with Crippen LogP contribution >= 0.6 is 0 Å². The number of aryl methyl sites for hydroxylation is 1. The average Bonchev–Trinajstić information content (AvgIpc) is 2.59. The van der Waals surface area contributed by atoms with Crippen LogP contribution in [0.25, 0.3) is 11.1 Å². The zero-order valence-corrected chi connectivity index (χ0v) is 8.74. The number of oxazole rings is 1. The number of aromatic nitrogens is 2. The third kappa shape index (κ3) is 1.39. The highest BCUT2D eigenvalue weighted by Gasteiger charge is 2.11. The van der Waals surface area contributed by atoms with Gasteiger partial charge < -0.3 is 4.42 Å². The molecule has 2 rings (SSSR count). The van der Waals surface area contributed by atoms with Crippen LogP contribution in [0.5, 0.6) is 0 Å². The van der Waals surface area contributed by atoms with E-state index in [1.165, 1.54) is 0 Å². The van der Waals surface area contributed by atoms with Gasteiger partial charge in [0.15, 0.2) is 11.5 Å². The number of hydrogen-bond donors (Lipinski definition) is 0. The molecule has 0 atom stereocenters. The predicted molar refractivity (Wildman–Crippen MR) is 55.3 cm³/mol. The molecule has 0 aliphatic rings. The van der Waals surface area contributed by atoms with Crippen LogP contribution in [0.1, 0.15) is 38.1 Å². The lowest BCUT2D eigenvalue weighted by Crippen LogP contribution is -1.88. The smallest absolute Gasteiger partial charge is 0.195 e. The third-order valence-corrected chi connectivity index (χ3v) is 2.29. The number of fused-ring (bicyclic) bond motifs is 1. The van der Waals surface area contributed by atoms with Crippen molar-refractivity contribution in [3.63, 3.8) is 0 Å². The van der Waals surface area contributed by atoms with Crippen LogP contribution in [0.4, 0.5) is 0 Å². The highest BCUT2D eigenvalue weighted by molar-refractivity contribution is 5.75. The SMILES string of the molecule is CCc1nc2cncc(C(C)C)c2o1. The van der Waals surface area contributed by atoms with E-state index in [2.05, 4.69) is 23.8 Å². The van der Waals surface area contributed by atoms with E-state index in [1.54, 1.807) is 6.20 Å². The minimum absolute atomic E-state index is 0.420. The maximum atomic E-state index is 5.66. The Labute approximate surface area is 83.2 Å². The maximum Gasteiger partial charge on any atom is 0.195 e. The Balaban J connectivity index is 2.66. The second-order valence-corrected chi connectivity index (χ2v) is 3.69. The molecule has 0 aliphatic carbocycles. The Morgan fingerprint density at radius 2 is 2.14 bits per heavy atom. The fourth-order valence-corrected chi connectivity index (χ4v) is 1.48. The molecule has 0 fully saturated rings. The monoisotopic (exact) mass is 190 g/mol. The van der Waals surface area contributed by atoms with Crippen LogP contribution in [0.2, 0.25) is 0 Å². The summed E-state index contributed by atoms with van der Waals surface area (Å²) in [5.41, 5.74) is 2.90. The molecule has 0 aromatic carbocycles. The minimum Gasteiger partial charge on any atom is -0.440 e. The van der Waals surface area contributed by atoms with Gasteiger partial charge in [-0.1, -0.05) is 20.8 Å². The van der Waals surface area contributed by atoms with Crippen LogP contribution < -0.4 is 0 Å². The summed E-state index contributed by atoms with van der Waals surface area (Å²) in [4.78, 5) is 8.50. The summed E-state index contributed by atoms with van der Waals surface area (Å²) in [6.07, 6.45) is 4.44. The molecular weight excluding hydrogens is 176 g/mol. The first-order valence-electron chi connectivity index (χ1n) is 4.95. The number of pyridine rings is 1. The molecule has 0 spiro atoms. The molecule has 3 nitrogen and oxygen atoms in total. The van der Waals surface area contributed by atoms with Crippen LogP contribution in [-0.2, 0) is 6.42 Å². The Kier molecular flexibility index (Phi) is 2.23. The molecule has 0 saturated heterocycles. The third-order valence-electron chi connectivity index (χ3n) is 2.29. The Bertz CT molecular complexity index is 445. The van der Waals surface area contributed by atoms with Crippen LogP contribution in [0.15, 0.2) is 16.8 Å². The summed E-state index contributed by atoms with van der Waals surface area (Å²) in [7, 11) is 0. The fraction of sp³-hybridized carbons (Fsp3) is 0.455. The lowest BCUT2D eigenvalue weighted by molar-refractivity contribution is 0.533. The highest BCUT2D eigenvalue weighted by atomic mass is 16.3. The quantitative estimate of drug-likeness (QED) is 0.730. The van der Waals surface area contributed by atoms with Crippen molar-refractivity contribution in [3.05, 3.63) is 23.8 Å². The first-order valence-corrected chi connectivity index (χ1v) is 4.95. The second kappa shape index (κ2) is 3.40. The molecule has 2 heterocycles. The zero-order valence-electron chi connectivity index (χ0n) is 8.74. The average molecular weight is 190 g/mol. The highest BCUT2D eigenvalue weighted by Crippen LogP contribution is 2.24. The van der Waals surface area contributed by atoms with Crippen molar-refractivity contribution in [1.82, 2.24) is 9.97 Å². The summed E-state index contributed by atoms with van der Waals surface area (Å²) in [5, 5.41) is 0. The van der Waals surface area contributed by atoms with Gasteiger partial charge in [0, 0.05) is 18.2 Å². The molecular formula is C11H14N2O. The van der Waals surface area contributed by atoms with E-state index in [9.17, 15) is 0 Å². The maximum absolute atomic E-state index is 5.66. The summed E-state index contributed by atoms with van der Waals surface area (Å²) < 4.78 is 5.66. The molecule has 14 heavy (non-hydrogen) atoms. The molecule has 0 aliphatic heterocycles. The standard InChI is InChI=1S/C11H14N2O/c1-4-10-13-9-6-12-5-8(7(2)3)11(9)14-10/h5-7H,4H2,1-3H3. The van der Waals surface area contributed by atoms with Crippen molar-refractivity contribution >= 4 is 11.1 Å². The van der Waals surface area contributed by atoms with E-state index in [0.29, 0.717) is 5.92 Å². The number of rotatable bonds is 2. The lowest BCUT2D eigenvalue weighted by Gasteiger charge is -2.02. The summed E-state index contributed by atoms with van der Waals surface area (Å²) in [6.45, 7) is 6.29. The first kappa shape index (κ1) is 9.19. The molecule has 0 amide bonds. The fourth-order valence-electron chi connectivity index (χ4n) is 1.48. The summed E-state index contributed by atoms with van der Waals surface area (Å²) >= 11 is 0. The molecule has 3 heteroatoms. The van der Waals surface area contributed by atoms with Crippen molar-refractivity contribution in [2.24, 2.45) is 0 Å².